The fraction of sp³-hybridized carbons (Fsp3) is 0.133. The summed E-state index contributed by atoms with van der Waals surface area (Å²) in [5, 5.41) is 11.5. The van der Waals surface area contributed by atoms with Crippen LogP contribution in [0.3, 0.4) is 0 Å². The van der Waals surface area contributed by atoms with Crippen LogP contribution in [0.5, 0.6) is 5.75 Å². The third kappa shape index (κ3) is 3.72. The van der Waals surface area contributed by atoms with Gasteiger partial charge in [0.05, 0.1) is 12.7 Å². The molecule has 0 atom stereocenters. The maximum atomic E-state index is 12.0. The lowest BCUT2D eigenvalue weighted by atomic mass is 10.3. The van der Waals surface area contributed by atoms with Gasteiger partial charge in [0.1, 0.15) is 12.3 Å². The minimum Gasteiger partial charge on any atom is -0.497 e. The Hall–Kier alpha value is -3.09. The summed E-state index contributed by atoms with van der Waals surface area (Å²) in [5.74, 6) is -1.03. The first-order valence-electron chi connectivity index (χ1n) is 6.37. The molecule has 0 bridgehead atoms. The van der Waals surface area contributed by atoms with E-state index >= 15 is 0 Å². The highest BCUT2D eigenvalue weighted by molar-refractivity contribution is 5.91. The van der Waals surface area contributed by atoms with Crippen molar-refractivity contribution in [1.29, 1.82) is 0 Å². The number of aromatic nitrogens is 1. The maximum absolute atomic E-state index is 12.0. The molecule has 0 unspecified atom stereocenters. The van der Waals surface area contributed by atoms with Gasteiger partial charge in [0, 0.05) is 24.0 Å². The molecule has 2 aromatic rings. The number of hydrogen-bond donors (Lipinski definition) is 2. The summed E-state index contributed by atoms with van der Waals surface area (Å²) in [6.07, 6.45) is 1.13. The second kappa shape index (κ2) is 6.57. The Balaban J connectivity index is 2.13. The molecule has 2 N–H and O–H groups in total. The molecular weight excluding hydrogens is 288 g/mol. The zero-order valence-corrected chi connectivity index (χ0v) is 11.8. The number of ether oxygens (including phenoxy) is 1. The first kappa shape index (κ1) is 15.3. The average Bonchev–Trinajstić information content (AvgIpc) is 2.49. The van der Waals surface area contributed by atoms with Crippen molar-refractivity contribution in [2.45, 2.75) is 6.54 Å². The van der Waals surface area contributed by atoms with Gasteiger partial charge >= 0.3 is 5.97 Å². The predicted octanol–water partition coefficient (Wildman–Crippen LogP) is 1.19. The van der Waals surface area contributed by atoms with Crippen molar-refractivity contribution in [3.05, 3.63) is 58.5 Å². The second-order valence-corrected chi connectivity index (χ2v) is 4.47. The number of anilines is 1. The summed E-state index contributed by atoms with van der Waals surface area (Å²) in [7, 11) is 1.51. The minimum atomic E-state index is -1.16. The zero-order chi connectivity index (χ0) is 16.1. The molecule has 0 aliphatic carbocycles. The van der Waals surface area contributed by atoms with Crippen LogP contribution in [0.2, 0.25) is 0 Å². The van der Waals surface area contributed by atoms with Gasteiger partial charge < -0.3 is 19.7 Å². The van der Waals surface area contributed by atoms with Crippen LogP contribution in [-0.2, 0) is 11.3 Å². The molecule has 0 fully saturated rings. The van der Waals surface area contributed by atoms with Crippen LogP contribution in [0.15, 0.2) is 47.4 Å². The summed E-state index contributed by atoms with van der Waals surface area (Å²) in [4.78, 5) is 34.5. The highest BCUT2D eigenvalue weighted by atomic mass is 16.5. The van der Waals surface area contributed by atoms with Crippen molar-refractivity contribution in [2.75, 3.05) is 12.4 Å². The van der Waals surface area contributed by atoms with Gasteiger partial charge in [-0.05, 0) is 18.2 Å². The quantitative estimate of drug-likeness (QED) is 0.864. The number of nitrogens with one attached hydrogen (secondary N) is 1. The molecule has 22 heavy (non-hydrogen) atoms. The molecule has 114 valence electrons. The largest absolute Gasteiger partial charge is 0.497 e. The van der Waals surface area contributed by atoms with E-state index in [2.05, 4.69) is 5.32 Å². The molecule has 1 aromatic carbocycles. The van der Waals surface area contributed by atoms with Crippen molar-refractivity contribution in [1.82, 2.24) is 4.57 Å². The lowest BCUT2D eigenvalue weighted by molar-refractivity contribution is -0.116. The van der Waals surface area contributed by atoms with E-state index in [9.17, 15) is 14.4 Å². The van der Waals surface area contributed by atoms with Gasteiger partial charge in [0.2, 0.25) is 5.91 Å². The molecule has 7 nitrogen and oxygen atoms in total. The van der Waals surface area contributed by atoms with Gasteiger partial charge in [-0.2, -0.15) is 0 Å². The molecule has 2 rings (SSSR count). The number of methoxy groups -OCH3 is 1. The Morgan fingerprint density at radius 1 is 1.27 bits per heavy atom. The van der Waals surface area contributed by atoms with Crippen LogP contribution in [0, 0.1) is 0 Å². The number of benzene rings is 1. The molecule has 0 aliphatic heterocycles. The minimum absolute atomic E-state index is 0.0613. The third-order valence-corrected chi connectivity index (χ3v) is 2.90. The zero-order valence-electron chi connectivity index (χ0n) is 11.8. The summed E-state index contributed by atoms with van der Waals surface area (Å²) >= 11 is 0. The Kier molecular flexibility index (Phi) is 4.57. The molecule has 0 spiro atoms. The Labute approximate surface area is 125 Å². The normalized spacial score (nSPS) is 10.0. The Bertz CT molecular complexity index is 767. The standard InChI is InChI=1S/C15H14N2O5/c1-22-12-4-2-3-11(7-12)16-13(18)9-17-8-10(15(20)21)5-6-14(17)19/h2-8H,9H2,1H3,(H,16,18)(H,20,21). The van der Waals surface area contributed by atoms with Gasteiger partial charge in [-0.25, -0.2) is 4.79 Å². The lowest BCUT2D eigenvalue weighted by Gasteiger charge is -2.09. The topological polar surface area (TPSA) is 97.6 Å². The smallest absolute Gasteiger partial charge is 0.337 e. The molecule has 1 amide bonds. The van der Waals surface area contributed by atoms with Crippen molar-refractivity contribution >= 4 is 17.6 Å². The van der Waals surface area contributed by atoms with Crippen LogP contribution < -0.4 is 15.6 Å². The fourth-order valence-electron chi connectivity index (χ4n) is 1.84. The van der Waals surface area contributed by atoms with Crippen molar-refractivity contribution in [3.63, 3.8) is 0 Å². The average molecular weight is 302 g/mol. The van der Waals surface area contributed by atoms with Crippen molar-refractivity contribution < 1.29 is 19.4 Å². The molecule has 1 aromatic heterocycles. The predicted molar refractivity (Wildman–Crippen MR) is 79.3 cm³/mol. The van der Waals surface area contributed by atoms with Crippen molar-refractivity contribution in [3.8, 4) is 5.75 Å². The van der Waals surface area contributed by atoms with E-state index in [1.807, 2.05) is 0 Å². The summed E-state index contributed by atoms with van der Waals surface area (Å²) < 4.78 is 6.08. The van der Waals surface area contributed by atoms with Gasteiger partial charge in [-0.3, -0.25) is 9.59 Å². The van der Waals surface area contributed by atoms with E-state index in [-0.39, 0.29) is 12.1 Å². The number of carbonyl (C=O) groups is 2. The van der Waals surface area contributed by atoms with E-state index in [1.54, 1.807) is 24.3 Å². The summed E-state index contributed by atoms with van der Waals surface area (Å²) in [5.41, 5.74) is 0.00589. The third-order valence-electron chi connectivity index (χ3n) is 2.90. The Morgan fingerprint density at radius 3 is 2.73 bits per heavy atom. The van der Waals surface area contributed by atoms with E-state index in [0.717, 1.165) is 16.8 Å². The Morgan fingerprint density at radius 2 is 2.05 bits per heavy atom. The number of carbonyl (C=O) groups excluding carboxylic acids is 1. The van der Waals surface area contributed by atoms with E-state index in [0.29, 0.717) is 11.4 Å². The SMILES string of the molecule is COc1cccc(NC(=O)Cn2cc(C(=O)O)ccc2=O)c1. The second-order valence-electron chi connectivity index (χ2n) is 4.47. The van der Waals surface area contributed by atoms with E-state index in [1.165, 1.54) is 13.2 Å². The number of carboxylic acid groups (broad SMARTS) is 1. The number of rotatable bonds is 5. The number of hydrogen-bond acceptors (Lipinski definition) is 4. The molecule has 0 aliphatic rings. The summed E-state index contributed by atoms with van der Waals surface area (Å²) in [6.45, 7) is -0.281. The first-order valence-corrected chi connectivity index (χ1v) is 6.37. The maximum Gasteiger partial charge on any atom is 0.337 e. The highest BCUT2D eigenvalue weighted by Crippen LogP contribution is 2.16. The molecule has 0 radical (unpaired) electrons. The number of pyridine rings is 1. The first-order chi connectivity index (χ1) is 10.5. The highest BCUT2D eigenvalue weighted by Gasteiger charge is 2.09. The fourth-order valence-corrected chi connectivity index (χ4v) is 1.84. The van der Waals surface area contributed by atoms with Gasteiger partial charge in [0.25, 0.3) is 5.56 Å². The van der Waals surface area contributed by atoms with Crippen molar-refractivity contribution in [2.24, 2.45) is 0 Å². The van der Waals surface area contributed by atoms with Crippen LogP contribution in [0.1, 0.15) is 10.4 Å². The molecule has 0 saturated carbocycles. The monoisotopic (exact) mass is 302 g/mol. The van der Waals surface area contributed by atoms with Crippen LogP contribution in [0.25, 0.3) is 0 Å². The number of carboxylic acids is 1. The molecule has 1 heterocycles. The number of nitrogens with zero attached hydrogens (tertiary/aromatic N) is 1. The van der Waals surface area contributed by atoms with Gasteiger partial charge in [-0.15, -0.1) is 0 Å². The van der Waals surface area contributed by atoms with E-state index in [4.69, 9.17) is 9.84 Å². The summed E-state index contributed by atoms with van der Waals surface area (Å²) in [6, 6.07) is 9.07. The number of aromatic carboxylic acids is 1. The van der Waals surface area contributed by atoms with Crippen LogP contribution in [0.4, 0.5) is 5.69 Å². The van der Waals surface area contributed by atoms with Crippen LogP contribution in [-0.4, -0.2) is 28.7 Å². The molecule has 7 heteroatoms. The van der Waals surface area contributed by atoms with E-state index < -0.39 is 17.4 Å². The van der Waals surface area contributed by atoms with Crippen LogP contribution >= 0.6 is 0 Å². The lowest BCUT2D eigenvalue weighted by Crippen LogP contribution is -2.27. The number of amides is 1. The molecule has 0 saturated heterocycles. The molecular formula is C15H14N2O5. The van der Waals surface area contributed by atoms with Gasteiger partial charge in [0.15, 0.2) is 0 Å². The van der Waals surface area contributed by atoms with Gasteiger partial charge in [-0.1, -0.05) is 6.07 Å².